The van der Waals surface area contributed by atoms with Gasteiger partial charge in [0.1, 0.15) is 16.7 Å². The van der Waals surface area contributed by atoms with Crippen molar-refractivity contribution >= 4 is 27.3 Å². The normalized spacial score (nSPS) is 16.1. The standard InChI is InChI=1S/C20H24N6S/c1-11(2)15-16(14-8-12(3)18-22-10-23-26(18)9-14)24-20-17(15)25-19(27-20)13-4-6-21-7-5-13/h8-11,13,21,24H,4-7H2,1-3H3. The van der Waals surface area contributed by atoms with E-state index in [0.29, 0.717) is 11.8 Å². The molecule has 0 aliphatic carbocycles. The maximum absolute atomic E-state index is 5.10. The van der Waals surface area contributed by atoms with Gasteiger partial charge in [-0.25, -0.2) is 14.5 Å². The Morgan fingerprint density at radius 1 is 1.26 bits per heavy atom. The van der Waals surface area contributed by atoms with Gasteiger partial charge in [0.15, 0.2) is 5.65 Å². The predicted octanol–water partition coefficient (Wildman–Crippen LogP) is 4.23. The Hall–Kier alpha value is -2.25. The number of aromatic amines is 1. The van der Waals surface area contributed by atoms with Crippen LogP contribution in [0.25, 0.3) is 27.3 Å². The van der Waals surface area contributed by atoms with Gasteiger partial charge in [-0.3, -0.25) is 0 Å². The van der Waals surface area contributed by atoms with Crippen molar-refractivity contribution in [1.29, 1.82) is 0 Å². The molecule has 1 aliphatic rings. The highest BCUT2D eigenvalue weighted by atomic mass is 32.1. The summed E-state index contributed by atoms with van der Waals surface area (Å²) >= 11 is 1.83. The second-order valence-electron chi connectivity index (χ2n) is 7.76. The summed E-state index contributed by atoms with van der Waals surface area (Å²) in [5.74, 6) is 0.984. The summed E-state index contributed by atoms with van der Waals surface area (Å²) < 4.78 is 1.86. The van der Waals surface area contributed by atoms with Crippen LogP contribution in [0.5, 0.6) is 0 Å². The molecule has 1 saturated heterocycles. The number of H-pyrrole nitrogens is 1. The van der Waals surface area contributed by atoms with Gasteiger partial charge >= 0.3 is 0 Å². The number of hydrogen-bond donors (Lipinski definition) is 2. The van der Waals surface area contributed by atoms with Gasteiger partial charge in [0.2, 0.25) is 0 Å². The molecule has 140 valence electrons. The highest BCUT2D eigenvalue weighted by molar-refractivity contribution is 7.18. The second kappa shape index (κ2) is 6.42. The van der Waals surface area contributed by atoms with E-state index in [1.54, 1.807) is 6.33 Å². The van der Waals surface area contributed by atoms with Crippen molar-refractivity contribution in [1.82, 2.24) is 29.9 Å². The first-order valence-corrected chi connectivity index (χ1v) is 10.5. The molecule has 0 radical (unpaired) electrons. The zero-order valence-corrected chi connectivity index (χ0v) is 16.7. The summed E-state index contributed by atoms with van der Waals surface area (Å²) in [5, 5.41) is 9.06. The molecule has 7 heteroatoms. The molecule has 0 unspecified atom stereocenters. The van der Waals surface area contributed by atoms with E-state index in [0.717, 1.165) is 41.1 Å². The van der Waals surface area contributed by atoms with Gasteiger partial charge in [-0.1, -0.05) is 13.8 Å². The summed E-state index contributed by atoms with van der Waals surface area (Å²) in [5.41, 5.74) is 6.79. The van der Waals surface area contributed by atoms with E-state index in [9.17, 15) is 0 Å². The molecule has 0 saturated carbocycles. The summed E-state index contributed by atoms with van der Waals surface area (Å²) in [6.07, 6.45) is 6.03. The van der Waals surface area contributed by atoms with Crippen molar-refractivity contribution < 1.29 is 0 Å². The maximum atomic E-state index is 5.10. The van der Waals surface area contributed by atoms with E-state index >= 15 is 0 Å². The highest BCUT2D eigenvalue weighted by Gasteiger charge is 2.24. The number of aromatic nitrogens is 5. The molecular weight excluding hydrogens is 356 g/mol. The Morgan fingerprint density at radius 2 is 2.07 bits per heavy atom. The van der Waals surface area contributed by atoms with Crippen LogP contribution in [0.2, 0.25) is 0 Å². The van der Waals surface area contributed by atoms with Crippen molar-refractivity contribution in [3.8, 4) is 11.3 Å². The fourth-order valence-corrected chi connectivity index (χ4v) is 5.32. The minimum absolute atomic E-state index is 0.392. The Morgan fingerprint density at radius 3 is 2.85 bits per heavy atom. The van der Waals surface area contributed by atoms with Crippen molar-refractivity contribution in [2.24, 2.45) is 0 Å². The van der Waals surface area contributed by atoms with E-state index in [1.807, 2.05) is 15.9 Å². The maximum Gasteiger partial charge on any atom is 0.158 e. The van der Waals surface area contributed by atoms with Crippen LogP contribution < -0.4 is 5.32 Å². The number of pyridine rings is 1. The van der Waals surface area contributed by atoms with E-state index in [4.69, 9.17) is 4.98 Å². The van der Waals surface area contributed by atoms with E-state index in [2.05, 4.69) is 53.4 Å². The smallest absolute Gasteiger partial charge is 0.158 e. The summed E-state index contributed by atoms with van der Waals surface area (Å²) in [6.45, 7) is 8.77. The molecule has 5 rings (SSSR count). The monoisotopic (exact) mass is 380 g/mol. The van der Waals surface area contributed by atoms with Crippen LogP contribution in [0.4, 0.5) is 0 Å². The van der Waals surface area contributed by atoms with Gasteiger partial charge in [0.05, 0.1) is 10.7 Å². The Bertz CT molecular complexity index is 1110. The summed E-state index contributed by atoms with van der Waals surface area (Å²) in [7, 11) is 0. The molecular formula is C20H24N6S. The van der Waals surface area contributed by atoms with Gasteiger partial charge in [-0.15, -0.1) is 11.3 Å². The number of hydrogen-bond acceptors (Lipinski definition) is 5. The largest absolute Gasteiger partial charge is 0.345 e. The zero-order valence-electron chi connectivity index (χ0n) is 15.9. The van der Waals surface area contributed by atoms with Crippen LogP contribution in [-0.4, -0.2) is 37.7 Å². The number of rotatable bonds is 3. The average Bonchev–Trinajstić information content (AvgIpc) is 3.35. The molecule has 27 heavy (non-hydrogen) atoms. The molecule has 0 aromatic carbocycles. The van der Waals surface area contributed by atoms with Crippen molar-refractivity contribution in [2.75, 3.05) is 13.1 Å². The fraction of sp³-hybridized carbons (Fsp3) is 0.450. The van der Waals surface area contributed by atoms with Crippen LogP contribution in [0.3, 0.4) is 0 Å². The Kier molecular flexibility index (Phi) is 4.02. The molecule has 4 aromatic heterocycles. The van der Waals surface area contributed by atoms with Gasteiger partial charge in [0, 0.05) is 23.2 Å². The molecule has 0 amide bonds. The van der Waals surface area contributed by atoms with Crippen LogP contribution in [-0.2, 0) is 0 Å². The van der Waals surface area contributed by atoms with Crippen molar-refractivity contribution in [3.05, 3.63) is 34.7 Å². The van der Waals surface area contributed by atoms with E-state index in [1.165, 1.54) is 28.2 Å². The SMILES string of the molecule is Cc1cc(-c2[nH]c3sc(C4CCNCC4)nc3c2C(C)C)cn2ncnc12. The number of fused-ring (bicyclic) bond motifs is 2. The van der Waals surface area contributed by atoms with Gasteiger partial charge in [0.25, 0.3) is 0 Å². The molecule has 6 nitrogen and oxygen atoms in total. The quantitative estimate of drug-likeness (QED) is 0.558. The van der Waals surface area contributed by atoms with Crippen LogP contribution in [0.1, 0.15) is 54.7 Å². The molecule has 0 atom stereocenters. The number of nitrogens with zero attached hydrogens (tertiary/aromatic N) is 4. The van der Waals surface area contributed by atoms with Gasteiger partial charge in [-0.2, -0.15) is 5.10 Å². The van der Waals surface area contributed by atoms with Gasteiger partial charge < -0.3 is 10.3 Å². The fourth-order valence-electron chi connectivity index (χ4n) is 4.17. The van der Waals surface area contributed by atoms with E-state index in [-0.39, 0.29) is 0 Å². The third-order valence-electron chi connectivity index (χ3n) is 5.52. The topological polar surface area (TPSA) is 70.9 Å². The molecule has 4 aromatic rings. The molecule has 2 N–H and O–H groups in total. The lowest BCUT2D eigenvalue weighted by atomic mass is 9.98. The first kappa shape index (κ1) is 16.9. The third kappa shape index (κ3) is 2.76. The van der Waals surface area contributed by atoms with Crippen molar-refractivity contribution in [3.63, 3.8) is 0 Å². The predicted molar refractivity (Wildman–Crippen MR) is 110 cm³/mol. The minimum Gasteiger partial charge on any atom is -0.345 e. The molecule has 0 bridgehead atoms. The first-order chi connectivity index (χ1) is 13.1. The Balaban J connectivity index is 1.65. The lowest BCUT2D eigenvalue weighted by molar-refractivity contribution is 0.459. The van der Waals surface area contributed by atoms with Crippen LogP contribution >= 0.6 is 11.3 Å². The lowest BCUT2D eigenvalue weighted by Gasteiger charge is -2.20. The highest BCUT2D eigenvalue weighted by Crippen LogP contribution is 2.40. The number of thiazole rings is 1. The second-order valence-corrected chi connectivity index (χ2v) is 8.79. The minimum atomic E-state index is 0.392. The zero-order chi connectivity index (χ0) is 18.5. The average molecular weight is 381 g/mol. The lowest BCUT2D eigenvalue weighted by Crippen LogP contribution is -2.26. The summed E-state index contributed by atoms with van der Waals surface area (Å²) in [4.78, 5) is 14.3. The molecule has 5 heterocycles. The molecule has 1 fully saturated rings. The van der Waals surface area contributed by atoms with Crippen molar-refractivity contribution in [2.45, 2.75) is 45.4 Å². The number of aryl methyl sites for hydroxylation is 1. The number of nitrogens with one attached hydrogen (secondary N) is 2. The molecule has 0 spiro atoms. The summed E-state index contributed by atoms with van der Waals surface area (Å²) in [6, 6.07) is 2.19. The molecule has 1 aliphatic heterocycles. The van der Waals surface area contributed by atoms with Gasteiger partial charge in [-0.05, 0) is 50.4 Å². The van der Waals surface area contributed by atoms with E-state index < -0.39 is 0 Å². The first-order valence-electron chi connectivity index (χ1n) is 9.65. The number of piperidine rings is 1. The Labute approximate surface area is 162 Å². The third-order valence-corrected chi connectivity index (χ3v) is 6.65. The van der Waals surface area contributed by atoms with Crippen LogP contribution in [0, 0.1) is 6.92 Å². The van der Waals surface area contributed by atoms with Crippen LogP contribution in [0.15, 0.2) is 18.6 Å².